The van der Waals surface area contributed by atoms with Crippen molar-refractivity contribution in [3.05, 3.63) is 57.7 Å². The predicted molar refractivity (Wildman–Crippen MR) is 104 cm³/mol. The molecule has 0 radical (unpaired) electrons. The summed E-state index contributed by atoms with van der Waals surface area (Å²) in [6.45, 7) is 2.47. The van der Waals surface area contributed by atoms with Crippen LogP contribution in [0.25, 0.3) is 0 Å². The third-order valence-corrected chi connectivity index (χ3v) is 5.16. The van der Waals surface area contributed by atoms with E-state index in [0.717, 1.165) is 6.07 Å². The minimum atomic E-state index is -4.49. The lowest BCUT2D eigenvalue weighted by atomic mass is 10.0. The smallest absolute Gasteiger partial charge is 0.392 e. The summed E-state index contributed by atoms with van der Waals surface area (Å²) in [7, 11) is 0. The molecule has 2 aromatic rings. The van der Waals surface area contributed by atoms with Gasteiger partial charge in [0.15, 0.2) is 0 Å². The van der Waals surface area contributed by atoms with Crippen LogP contribution in [0.15, 0.2) is 30.5 Å². The zero-order chi connectivity index (χ0) is 21.2. The van der Waals surface area contributed by atoms with Crippen LogP contribution in [0.4, 0.5) is 19.0 Å². The van der Waals surface area contributed by atoms with Crippen LogP contribution in [0.2, 0.25) is 5.02 Å². The van der Waals surface area contributed by atoms with Crippen molar-refractivity contribution in [1.82, 2.24) is 9.88 Å². The number of aromatic nitrogens is 1. The number of pyridine rings is 1. The molecule has 9 heteroatoms. The van der Waals surface area contributed by atoms with Crippen LogP contribution in [0.3, 0.4) is 0 Å². The summed E-state index contributed by atoms with van der Waals surface area (Å²) in [5.74, 6) is -0.262. The Bertz CT molecular complexity index is 897. The van der Waals surface area contributed by atoms with Crippen LogP contribution >= 0.6 is 11.6 Å². The number of aryl methyl sites for hydroxylation is 1. The van der Waals surface area contributed by atoms with Gasteiger partial charge in [-0.25, -0.2) is 4.98 Å². The monoisotopic (exact) mass is 427 g/mol. The van der Waals surface area contributed by atoms with Crippen LogP contribution in [0, 0.1) is 6.92 Å². The van der Waals surface area contributed by atoms with E-state index >= 15 is 0 Å². The van der Waals surface area contributed by atoms with Crippen molar-refractivity contribution in [3.8, 4) is 0 Å². The van der Waals surface area contributed by atoms with E-state index in [1.54, 1.807) is 34.9 Å². The number of carbonyl (C=O) groups excluding carboxylic acids is 1. The zero-order valence-corrected chi connectivity index (χ0v) is 16.6. The van der Waals surface area contributed by atoms with Gasteiger partial charge in [-0.2, -0.15) is 13.2 Å². The number of alkyl halides is 3. The highest BCUT2D eigenvalue weighted by Crippen LogP contribution is 2.36. The fraction of sp³-hybridized carbons (Fsp3) is 0.400. The number of amides is 1. The topological polar surface area (TPSA) is 56.7 Å². The first-order valence-electron chi connectivity index (χ1n) is 9.13. The Morgan fingerprint density at radius 2 is 1.86 bits per heavy atom. The Labute approximate surface area is 171 Å². The van der Waals surface area contributed by atoms with E-state index in [-0.39, 0.29) is 37.8 Å². The fourth-order valence-electron chi connectivity index (χ4n) is 3.38. The van der Waals surface area contributed by atoms with Crippen molar-refractivity contribution in [2.24, 2.45) is 0 Å². The zero-order valence-electron chi connectivity index (χ0n) is 15.8. The summed E-state index contributed by atoms with van der Waals surface area (Å²) in [6, 6.07) is 6.06. The molecule has 29 heavy (non-hydrogen) atoms. The number of hydrogen-bond acceptors (Lipinski definition) is 4. The molecule has 156 valence electrons. The van der Waals surface area contributed by atoms with E-state index in [2.05, 4.69) is 4.98 Å². The van der Waals surface area contributed by atoms with Gasteiger partial charge in [0.2, 0.25) is 5.91 Å². The predicted octanol–water partition coefficient (Wildman–Crippen LogP) is 3.45. The highest BCUT2D eigenvalue weighted by Gasteiger charge is 2.37. The highest BCUT2D eigenvalue weighted by atomic mass is 35.5. The Balaban J connectivity index is 1.69. The molecule has 0 aliphatic carbocycles. The molecule has 5 nitrogen and oxygen atoms in total. The number of anilines is 1. The lowest BCUT2D eigenvalue weighted by Gasteiger charge is -2.36. The van der Waals surface area contributed by atoms with E-state index in [9.17, 15) is 23.1 Å². The average Bonchev–Trinajstić information content (AvgIpc) is 2.67. The third-order valence-electron chi connectivity index (χ3n) is 4.92. The molecule has 0 unspecified atom stereocenters. The highest BCUT2D eigenvalue weighted by molar-refractivity contribution is 6.30. The van der Waals surface area contributed by atoms with E-state index < -0.39 is 11.7 Å². The van der Waals surface area contributed by atoms with Gasteiger partial charge in [0, 0.05) is 37.4 Å². The van der Waals surface area contributed by atoms with Gasteiger partial charge in [0.1, 0.15) is 5.82 Å². The van der Waals surface area contributed by atoms with Gasteiger partial charge in [-0.05, 0) is 41.8 Å². The SMILES string of the molecule is Cc1cnc(N2CCN(C(=O)Cc3cc(Cl)ccc3CO)CC2)c(C(F)(F)F)c1. The Kier molecular flexibility index (Phi) is 6.33. The van der Waals surface area contributed by atoms with E-state index in [1.165, 1.54) is 6.20 Å². The summed E-state index contributed by atoms with van der Waals surface area (Å²) in [4.78, 5) is 19.8. The molecule has 1 aromatic carbocycles. The average molecular weight is 428 g/mol. The summed E-state index contributed by atoms with van der Waals surface area (Å²) in [5, 5.41) is 9.90. The van der Waals surface area contributed by atoms with Crippen LogP contribution in [0.1, 0.15) is 22.3 Å². The third kappa shape index (κ3) is 5.00. The van der Waals surface area contributed by atoms with Crippen molar-refractivity contribution in [2.75, 3.05) is 31.1 Å². The maximum absolute atomic E-state index is 13.4. The molecule has 1 aliphatic rings. The number of halogens is 4. The molecular weight excluding hydrogens is 407 g/mol. The molecule has 2 heterocycles. The summed E-state index contributed by atoms with van der Waals surface area (Å²) in [6.07, 6.45) is -3.00. The summed E-state index contributed by atoms with van der Waals surface area (Å²) < 4.78 is 40.1. The van der Waals surface area contributed by atoms with Gasteiger partial charge in [-0.1, -0.05) is 17.7 Å². The number of benzene rings is 1. The van der Waals surface area contributed by atoms with Crippen molar-refractivity contribution in [1.29, 1.82) is 0 Å². The lowest BCUT2D eigenvalue weighted by molar-refractivity contribution is -0.137. The Hall–Kier alpha value is -2.32. The van der Waals surface area contributed by atoms with E-state index in [0.29, 0.717) is 34.8 Å². The molecule has 1 aliphatic heterocycles. The van der Waals surface area contributed by atoms with E-state index in [4.69, 9.17) is 11.6 Å². The summed E-state index contributed by atoms with van der Waals surface area (Å²) in [5.41, 5.74) is 0.951. The van der Waals surface area contributed by atoms with E-state index in [1.807, 2.05) is 0 Å². The Morgan fingerprint density at radius 3 is 2.48 bits per heavy atom. The quantitative estimate of drug-likeness (QED) is 0.812. The number of aliphatic hydroxyl groups excluding tert-OH is 1. The number of aliphatic hydroxyl groups is 1. The number of carbonyl (C=O) groups is 1. The Morgan fingerprint density at radius 1 is 1.17 bits per heavy atom. The number of nitrogens with zero attached hydrogens (tertiary/aromatic N) is 3. The maximum atomic E-state index is 13.4. The molecule has 3 rings (SSSR count). The van der Waals surface area contributed by atoms with Crippen LogP contribution in [0.5, 0.6) is 0 Å². The minimum absolute atomic E-state index is 0.0764. The maximum Gasteiger partial charge on any atom is 0.419 e. The fourth-order valence-corrected chi connectivity index (χ4v) is 3.57. The number of piperazine rings is 1. The van der Waals surface area contributed by atoms with Crippen LogP contribution < -0.4 is 4.90 Å². The molecule has 0 saturated carbocycles. The first-order chi connectivity index (χ1) is 13.7. The normalized spacial score (nSPS) is 15.0. The molecule has 1 fully saturated rings. The second kappa shape index (κ2) is 8.59. The molecule has 1 N–H and O–H groups in total. The molecule has 1 saturated heterocycles. The largest absolute Gasteiger partial charge is 0.419 e. The first-order valence-corrected chi connectivity index (χ1v) is 9.51. The van der Waals surface area contributed by atoms with Gasteiger partial charge < -0.3 is 14.9 Å². The van der Waals surface area contributed by atoms with Gasteiger partial charge in [-0.15, -0.1) is 0 Å². The molecule has 0 atom stereocenters. The number of rotatable bonds is 4. The van der Waals surface area contributed by atoms with Crippen molar-refractivity contribution >= 4 is 23.3 Å². The van der Waals surface area contributed by atoms with Gasteiger partial charge in [-0.3, -0.25) is 4.79 Å². The van der Waals surface area contributed by atoms with Crippen LogP contribution in [-0.2, 0) is 24.0 Å². The lowest BCUT2D eigenvalue weighted by Crippen LogP contribution is -2.50. The molecule has 0 bridgehead atoms. The molecule has 1 amide bonds. The second-order valence-electron chi connectivity index (χ2n) is 7.00. The van der Waals surface area contributed by atoms with Gasteiger partial charge in [0.25, 0.3) is 0 Å². The summed E-state index contributed by atoms with van der Waals surface area (Å²) >= 11 is 5.98. The molecule has 1 aromatic heterocycles. The van der Waals surface area contributed by atoms with Gasteiger partial charge in [0.05, 0.1) is 18.6 Å². The van der Waals surface area contributed by atoms with Crippen molar-refractivity contribution in [3.63, 3.8) is 0 Å². The first kappa shape index (κ1) is 21.4. The standard InChI is InChI=1S/C20H21ClF3N3O2/c1-13-8-17(20(22,23)24)19(25-11-13)27-6-4-26(5-7-27)18(29)10-15-9-16(21)3-2-14(15)12-28/h2-3,8-9,11,28H,4-7,10,12H2,1H3. The molecule has 0 spiro atoms. The minimum Gasteiger partial charge on any atom is -0.392 e. The number of hydrogen-bond donors (Lipinski definition) is 1. The van der Waals surface area contributed by atoms with Crippen molar-refractivity contribution in [2.45, 2.75) is 26.1 Å². The van der Waals surface area contributed by atoms with Gasteiger partial charge >= 0.3 is 6.18 Å². The van der Waals surface area contributed by atoms with Crippen molar-refractivity contribution < 1.29 is 23.1 Å². The molecular formula is C20H21ClF3N3O2. The second-order valence-corrected chi connectivity index (χ2v) is 7.43. The van der Waals surface area contributed by atoms with Crippen LogP contribution in [-0.4, -0.2) is 47.1 Å².